The normalized spacial score (nSPS) is 15.8. The first-order chi connectivity index (χ1) is 18.2. The van der Waals surface area contributed by atoms with Crippen molar-refractivity contribution in [3.8, 4) is 0 Å². The third kappa shape index (κ3) is 24.8. The van der Waals surface area contributed by atoms with Crippen molar-refractivity contribution in [2.45, 2.75) is 128 Å². The van der Waals surface area contributed by atoms with Crippen molar-refractivity contribution in [2.24, 2.45) is 0 Å². The van der Waals surface area contributed by atoms with E-state index in [9.17, 15) is 16.8 Å². The zero-order chi connectivity index (χ0) is 28.0. The fraction of sp³-hybridized carbons (Fsp3) is 1.00. The molecule has 1 fully saturated rings. The van der Waals surface area contributed by atoms with Gasteiger partial charge in [-0.3, -0.25) is 9.11 Å². The summed E-state index contributed by atoms with van der Waals surface area (Å²) in [6.07, 6.45) is 22.9. The maximum absolute atomic E-state index is 10.7. The van der Waals surface area contributed by atoms with Gasteiger partial charge in [0.25, 0.3) is 20.2 Å². The summed E-state index contributed by atoms with van der Waals surface area (Å²) >= 11 is 0. The molecule has 0 unspecified atom stereocenters. The Hall–Kier alpha value is -0.260. The van der Waals surface area contributed by atoms with Crippen molar-refractivity contribution in [1.29, 1.82) is 0 Å². The van der Waals surface area contributed by atoms with Gasteiger partial charge in [0.05, 0.1) is 11.5 Å². The van der Waals surface area contributed by atoms with E-state index in [1.807, 2.05) is 0 Å². The molecular weight excluding hydrogens is 524 g/mol. The van der Waals surface area contributed by atoms with E-state index in [1.54, 1.807) is 0 Å². The predicted octanol–water partition coefficient (Wildman–Crippen LogP) is 6.18. The molecule has 2 N–H and O–H groups in total. The second-order valence-electron chi connectivity index (χ2n) is 11.3. The van der Waals surface area contributed by atoms with Gasteiger partial charge in [-0.15, -0.1) is 0 Å². The van der Waals surface area contributed by atoms with E-state index in [4.69, 9.17) is 9.11 Å². The third-order valence-corrected chi connectivity index (χ3v) is 9.33. The number of unbranched alkanes of at least 4 members (excludes halogenated alkanes) is 18. The summed E-state index contributed by atoms with van der Waals surface area (Å²) in [5.41, 5.74) is 0. The lowest BCUT2D eigenvalue weighted by molar-refractivity contribution is 0.129. The van der Waals surface area contributed by atoms with Crippen LogP contribution in [0.4, 0.5) is 0 Å². The van der Waals surface area contributed by atoms with Crippen LogP contribution < -0.4 is 0 Å². The monoisotopic (exact) mass is 582 g/mol. The molecule has 228 valence electrons. The Labute approximate surface area is 234 Å². The lowest BCUT2D eigenvalue weighted by atomic mass is 10.1. The Morgan fingerprint density at radius 1 is 0.368 bits per heavy atom. The first-order valence-corrected chi connectivity index (χ1v) is 18.7. The summed E-state index contributed by atoms with van der Waals surface area (Å²) in [4.78, 5) is 5.26. The standard InChI is InChI=1S/C28H58N2O6S2/c31-37(32,33)27-19-15-11-7-3-1-5-9-13-17-21-29-23-25-30(26-24-29)22-18-14-10-6-2-4-8-12-16-20-28-38(34,35)36/h1-28H2,(H,31,32,33)(H,34,35,36). The van der Waals surface area contributed by atoms with Crippen molar-refractivity contribution in [3.05, 3.63) is 0 Å². The summed E-state index contributed by atoms with van der Waals surface area (Å²) in [7, 11) is -7.56. The number of hydrogen-bond donors (Lipinski definition) is 2. The number of rotatable bonds is 26. The Morgan fingerprint density at radius 2 is 0.579 bits per heavy atom. The van der Waals surface area contributed by atoms with Gasteiger partial charge in [0.2, 0.25) is 0 Å². The highest BCUT2D eigenvalue weighted by Gasteiger charge is 2.15. The van der Waals surface area contributed by atoms with E-state index in [2.05, 4.69) is 9.80 Å². The first kappa shape index (κ1) is 35.8. The molecule has 1 aliphatic heterocycles. The van der Waals surface area contributed by atoms with Gasteiger partial charge >= 0.3 is 0 Å². The molecular formula is C28H58N2O6S2. The zero-order valence-corrected chi connectivity index (χ0v) is 25.7. The van der Waals surface area contributed by atoms with Crippen LogP contribution in [0.1, 0.15) is 128 Å². The lowest BCUT2D eigenvalue weighted by Gasteiger charge is -2.34. The van der Waals surface area contributed by atoms with Gasteiger partial charge < -0.3 is 9.80 Å². The minimum atomic E-state index is -3.78. The molecule has 0 aromatic carbocycles. The van der Waals surface area contributed by atoms with Gasteiger partial charge in [-0.25, -0.2) is 0 Å². The molecule has 0 bridgehead atoms. The minimum absolute atomic E-state index is 0.0978. The highest BCUT2D eigenvalue weighted by Crippen LogP contribution is 2.14. The number of piperazine rings is 1. The molecule has 38 heavy (non-hydrogen) atoms. The predicted molar refractivity (Wildman–Crippen MR) is 158 cm³/mol. The molecule has 0 atom stereocenters. The van der Waals surface area contributed by atoms with Gasteiger partial charge in [0, 0.05) is 26.2 Å². The van der Waals surface area contributed by atoms with Crippen LogP contribution in [0, 0.1) is 0 Å². The largest absolute Gasteiger partial charge is 0.301 e. The van der Waals surface area contributed by atoms with E-state index < -0.39 is 20.2 Å². The number of nitrogens with zero attached hydrogens (tertiary/aromatic N) is 2. The second-order valence-corrected chi connectivity index (χ2v) is 14.5. The maximum atomic E-state index is 10.7. The van der Waals surface area contributed by atoms with Crippen LogP contribution in [-0.4, -0.2) is 86.5 Å². The van der Waals surface area contributed by atoms with Crippen LogP contribution >= 0.6 is 0 Å². The fourth-order valence-corrected chi connectivity index (χ4v) is 6.44. The van der Waals surface area contributed by atoms with Crippen LogP contribution in [0.15, 0.2) is 0 Å². The highest BCUT2D eigenvalue weighted by molar-refractivity contribution is 7.86. The third-order valence-electron chi connectivity index (χ3n) is 7.72. The summed E-state index contributed by atoms with van der Waals surface area (Å²) in [5, 5.41) is 0. The summed E-state index contributed by atoms with van der Waals surface area (Å²) in [6.45, 7) is 7.32. The smallest absolute Gasteiger partial charge is 0.264 e. The van der Waals surface area contributed by atoms with E-state index in [0.29, 0.717) is 12.8 Å². The topological polar surface area (TPSA) is 115 Å². The van der Waals surface area contributed by atoms with Gasteiger partial charge in [-0.1, -0.05) is 103 Å². The summed E-state index contributed by atoms with van der Waals surface area (Å²) in [5.74, 6) is -0.196. The Morgan fingerprint density at radius 3 is 0.816 bits per heavy atom. The van der Waals surface area contributed by atoms with E-state index in [1.165, 1.54) is 129 Å². The van der Waals surface area contributed by atoms with Crippen molar-refractivity contribution >= 4 is 20.2 Å². The molecule has 10 heteroatoms. The number of hydrogen-bond acceptors (Lipinski definition) is 6. The molecule has 0 radical (unpaired) electrons. The molecule has 0 aromatic heterocycles. The molecule has 0 aromatic rings. The van der Waals surface area contributed by atoms with Gasteiger partial charge in [-0.2, -0.15) is 16.8 Å². The van der Waals surface area contributed by atoms with Gasteiger partial charge in [0.15, 0.2) is 0 Å². The molecule has 8 nitrogen and oxygen atoms in total. The van der Waals surface area contributed by atoms with E-state index >= 15 is 0 Å². The van der Waals surface area contributed by atoms with Crippen LogP contribution in [0.5, 0.6) is 0 Å². The lowest BCUT2D eigenvalue weighted by Crippen LogP contribution is -2.46. The Bertz CT molecular complexity index is 689. The van der Waals surface area contributed by atoms with Crippen LogP contribution in [0.25, 0.3) is 0 Å². The van der Waals surface area contributed by atoms with Crippen molar-refractivity contribution in [3.63, 3.8) is 0 Å². The molecule has 0 aliphatic carbocycles. The average Bonchev–Trinajstić information content (AvgIpc) is 2.85. The van der Waals surface area contributed by atoms with Crippen molar-refractivity contribution in [1.82, 2.24) is 9.80 Å². The molecule has 1 saturated heterocycles. The SMILES string of the molecule is O=S(=O)(O)CCCCCCCCCCCCN1CCN(CCCCCCCCCCCCS(=O)(=O)O)CC1. The van der Waals surface area contributed by atoms with E-state index in [0.717, 1.165) is 25.7 Å². The van der Waals surface area contributed by atoms with Gasteiger partial charge in [0.1, 0.15) is 0 Å². The molecule has 0 saturated carbocycles. The van der Waals surface area contributed by atoms with Crippen LogP contribution in [-0.2, 0) is 20.2 Å². The summed E-state index contributed by atoms with van der Waals surface area (Å²) < 4.78 is 60.1. The van der Waals surface area contributed by atoms with Gasteiger partial charge in [-0.05, 0) is 38.8 Å². The van der Waals surface area contributed by atoms with E-state index in [-0.39, 0.29) is 11.5 Å². The quantitative estimate of drug-likeness (QED) is 0.0917. The molecule has 0 amide bonds. The van der Waals surface area contributed by atoms with Crippen molar-refractivity contribution < 1.29 is 25.9 Å². The molecule has 1 heterocycles. The Kier molecular flexibility index (Phi) is 21.1. The second kappa shape index (κ2) is 22.4. The van der Waals surface area contributed by atoms with Crippen LogP contribution in [0.3, 0.4) is 0 Å². The minimum Gasteiger partial charge on any atom is -0.301 e. The molecule has 1 rings (SSSR count). The van der Waals surface area contributed by atoms with Crippen molar-refractivity contribution in [2.75, 3.05) is 50.8 Å². The average molecular weight is 583 g/mol. The first-order valence-electron chi connectivity index (χ1n) is 15.5. The summed E-state index contributed by atoms with van der Waals surface area (Å²) in [6, 6.07) is 0. The zero-order valence-electron chi connectivity index (χ0n) is 24.0. The Balaban J connectivity index is 1.79. The maximum Gasteiger partial charge on any atom is 0.264 e. The van der Waals surface area contributed by atoms with Crippen LogP contribution in [0.2, 0.25) is 0 Å². The fourth-order valence-electron chi connectivity index (χ4n) is 5.30. The molecule has 0 spiro atoms. The highest BCUT2D eigenvalue weighted by atomic mass is 32.2. The molecule has 1 aliphatic rings.